The molecule has 0 atom stereocenters. The molecule has 0 bridgehead atoms. The van der Waals surface area contributed by atoms with E-state index in [1.807, 2.05) is 6.92 Å². The molecule has 7 N–H and O–H groups in total. The molecule has 0 aromatic heterocycles. The highest BCUT2D eigenvalue weighted by Gasteiger charge is 2.27. The Morgan fingerprint density at radius 3 is 1.69 bits per heavy atom. The summed E-state index contributed by atoms with van der Waals surface area (Å²) in [5, 5.41) is 34.1. The van der Waals surface area contributed by atoms with E-state index in [0.29, 0.717) is 11.3 Å². The summed E-state index contributed by atoms with van der Waals surface area (Å²) in [5.41, 5.74) is 11.0. The molecule has 0 aliphatic heterocycles. The van der Waals surface area contributed by atoms with Crippen molar-refractivity contribution in [2.24, 2.45) is 30.7 Å². The van der Waals surface area contributed by atoms with Gasteiger partial charge in [-0.1, -0.05) is 23.8 Å². The Morgan fingerprint density at radius 2 is 1.18 bits per heavy atom. The van der Waals surface area contributed by atoms with E-state index >= 15 is 0 Å². The summed E-state index contributed by atoms with van der Waals surface area (Å²) in [5.74, 6) is -2.40. The molecule has 4 aromatic rings. The number of carboxylic acids is 1. The lowest BCUT2D eigenvalue weighted by atomic mass is 10.1. The Labute approximate surface area is 291 Å². The van der Waals surface area contributed by atoms with E-state index in [0.717, 1.165) is 23.8 Å². The van der Waals surface area contributed by atoms with Crippen molar-refractivity contribution >= 4 is 81.8 Å². The average molecular weight is 761 g/mol. The van der Waals surface area contributed by atoms with Crippen molar-refractivity contribution < 1.29 is 48.4 Å². The van der Waals surface area contributed by atoms with Crippen molar-refractivity contribution in [3.8, 4) is 0 Å². The van der Waals surface area contributed by atoms with Gasteiger partial charge in [0.25, 0.3) is 10.1 Å². The van der Waals surface area contributed by atoms with Crippen LogP contribution in [0.15, 0.2) is 107 Å². The van der Waals surface area contributed by atoms with Crippen LogP contribution in [0.4, 0.5) is 45.5 Å². The molecule has 0 spiro atoms. The maximum atomic E-state index is 12.6. The maximum Gasteiger partial charge on any atom is 0.397 e. The van der Waals surface area contributed by atoms with Crippen LogP contribution in [0.5, 0.6) is 0 Å². The largest absolute Gasteiger partial charge is 0.478 e. The van der Waals surface area contributed by atoms with Crippen LogP contribution in [0, 0.1) is 13.8 Å². The molecule has 51 heavy (non-hydrogen) atoms. The summed E-state index contributed by atoms with van der Waals surface area (Å²) in [6.07, 6.45) is 0. The second-order valence-electron chi connectivity index (χ2n) is 10.5. The van der Waals surface area contributed by atoms with Gasteiger partial charge >= 0.3 is 16.4 Å². The van der Waals surface area contributed by atoms with Gasteiger partial charge in [-0.3, -0.25) is 9.11 Å². The molecular formula is C29H28N8O11S3. The van der Waals surface area contributed by atoms with Crippen molar-refractivity contribution in [1.29, 1.82) is 0 Å². The Bertz CT molecular complexity index is 2420. The lowest BCUT2D eigenvalue weighted by Crippen LogP contribution is -2.15. The van der Waals surface area contributed by atoms with E-state index in [9.17, 15) is 39.7 Å². The lowest BCUT2D eigenvalue weighted by Gasteiger charge is -2.13. The third kappa shape index (κ3) is 9.80. The molecule has 0 aliphatic carbocycles. The summed E-state index contributed by atoms with van der Waals surface area (Å²) in [4.78, 5) is 11.7. The van der Waals surface area contributed by atoms with Crippen LogP contribution < -0.4 is 11.5 Å². The number of aryl methyl sites for hydroxylation is 2. The van der Waals surface area contributed by atoms with Crippen molar-refractivity contribution in [3.05, 3.63) is 83.4 Å². The Hall–Kier alpha value is -5.52. The normalized spacial score (nSPS) is 12.7. The first-order chi connectivity index (χ1) is 23.8. The fraction of sp³-hybridized carbons (Fsp3) is 0.138. The van der Waals surface area contributed by atoms with Gasteiger partial charge in [0.1, 0.15) is 33.2 Å². The number of sulfone groups is 1. The van der Waals surface area contributed by atoms with Crippen LogP contribution in [0.1, 0.15) is 21.5 Å². The molecule has 4 aromatic carbocycles. The number of carbonyl (C=O) groups is 1. The zero-order valence-corrected chi connectivity index (χ0v) is 28.9. The topological polar surface area (TPSA) is 316 Å². The molecule has 19 nitrogen and oxygen atoms in total. The number of benzene rings is 4. The molecule has 0 radical (unpaired) electrons. The molecule has 0 unspecified atom stereocenters. The number of hydrogen-bond donors (Lipinski definition) is 5. The van der Waals surface area contributed by atoms with Gasteiger partial charge in [0, 0.05) is 0 Å². The maximum absolute atomic E-state index is 12.6. The second kappa shape index (κ2) is 15.2. The first-order valence-electron chi connectivity index (χ1n) is 14.1. The molecule has 22 heteroatoms. The number of nitrogens with zero attached hydrogens (tertiary/aromatic N) is 6. The zero-order valence-electron chi connectivity index (χ0n) is 26.4. The third-order valence-corrected chi connectivity index (χ3v) is 9.75. The number of hydrogen-bond acceptors (Lipinski definition) is 16. The summed E-state index contributed by atoms with van der Waals surface area (Å²) in [6, 6.07) is 15.2. The van der Waals surface area contributed by atoms with Crippen LogP contribution in [0.2, 0.25) is 0 Å². The standard InChI is InChI=1S/C29H28N8O11S3/c1-16-3-6-18(7-4-16)32-35-26-23(29(38)39)27(36-34-21-12-5-17(2)15-22(21)50(42,43)44)25(31)28(24(26)30)37-33-19-8-10-20(11-9-19)49(40,41)14-13-48-51(45,46)47/h3-12,15H,13-14,30-31H2,1-2H3,(H,38,39)(H,42,43,44)(H,45,46,47). The van der Waals surface area contributed by atoms with Gasteiger partial charge in [0.2, 0.25) is 0 Å². The Balaban J connectivity index is 1.84. The first-order valence-corrected chi connectivity index (χ1v) is 18.6. The molecule has 0 saturated carbocycles. The molecule has 0 heterocycles. The molecule has 268 valence electrons. The van der Waals surface area contributed by atoms with Crippen molar-refractivity contribution in [1.82, 2.24) is 0 Å². The molecular weight excluding hydrogens is 733 g/mol. The highest BCUT2D eigenvalue weighted by molar-refractivity contribution is 7.91. The minimum atomic E-state index is -4.84. The van der Waals surface area contributed by atoms with Crippen molar-refractivity contribution in [3.63, 3.8) is 0 Å². The van der Waals surface area contributed by atoms with Gasteiger partial charge in [-0.15, -0.1) is 20.5 Å². The Kier molecular flexibility index (Phi) is 11.4. The van der Waals surface area contributed by atoms with Gasteiger partial charge < -0.3 is 16.6 Å². The number of azo groups is 3. The van der Waals surface area contributed by atoms with E-state index in [4.69, 9.17) is 16.0 Å². The van der Waals surface area contributed by atoms with Gasteiger partial charge in [-0.05, 0) is 67.9 Å². The average Bonchev–Trinajstić information content (AvgIpc) is 3.03. The molecule has 0 aliphatic rings. The first kappa shape index (κ1) is 38.3. The van der Waals surface area contributed by atoms with E-state index in [1.54, 1.807) is 31.2 Å². The molecule has 0 fully saturated rings. The summed E-state index contributed by atoms with van der Waals surface area (Å²) < 4.78 is 93.0. The third-order valence-electron chi connectivity index (χ3n) is 6.70. The van der Waals surface area contributed by atoms with Gasteiger partial charge in [0.15, 0.2) is 9.84 Å². The second-order valence-corrected chi connectivity index (χ2v) is 15.1. The Morgan fingerprint density at radius 1 is 0.686 bits per heavy atom. The van der Waals surface area contributed by atoms with E-state index < -0.39 is 81.9 Å². The molecule has 0 amide bonds. The quantitative estimate of drug-likeness (QED) is 0.0572. The summed E-state index contributed by atoms with van der Waals surface area (Å²) in [7, 11) is -13.7. The van der Waals surface area contributed by atoms with Crippen LogP contribution >= 0.6 is 0 Å². The fourth-order valence-electron chi connectivity index (χ4n) is 4.20. The monoisotopic (exact) mass is 760 g/mol. The number of carboxylic acid groups (broad SMARTS) is 1. The zero-order chi connectivity index (χ0) is 37.7. The number of aromatic carboxylic acids is 1. The SMILES string of the molecule is Cc1ccc(N=Nc2c(N)c(N=Nc3ccc(S(=O)(=O)CCOS(=O)(=O)O)cc3)c(N)c(N=Nc3ccc(C)cc3S(=O)(=O)O)c2C(=O)O)cc1. The van der Waals surface area contributed by atoms with Crippen molar-refractivity contribution in [2.75, 3.05) is 23.8 Å². The smallest absolute Gasteiger partial charge is 0.397 e. The van der Waals surface area contributed by atoms with Gasteiger partial charge in [-0.2, -0.15) is 27.1 Å². The predicted molar refractivity (Wildman–Crippen MR) is 183 cm³/mol. The minimum absolute atomic E-state index is 0.0488. The summed E-state index contributed by atoms with van der Waals surface area (Å²) >= 11 is 0. The van der Waals surface area contributed by atoms with Gasteiger partial charge in [0.05, 0.1) is 40.0 Å². The molecule has 0 saturated heterocycles. The highest BCUT2D eigenvalue weighted by atomic mass is 32.3. The lowest BCUT2D eigenvalue weighted by molar-refractivity contribution is 0.0698. The van der Waals surface area contributed by atoms with E-state index in [1.165, 1.54) is 24.3 Å². The fourth-order valence-corrected chi connectivity index (χ4v) is 6.39. The van der Waals surface area contributed by atoms with Crippen LogP contribution in [0.25, 0.3) is 0 Å². The van der Waals surface area contributed by atoms with Crippen molar-refractivity contribution in [2.45, 2.75) is 23.6 Å². The number of nitrogen functional groups attached to an aromatic ring is 2. The highest BCUT2D eigenvalue weighted by Crippen LogP contribution is 2.49. The van der Waals surface area contributed by atoms with E-state index in [2.05, 4.69) is 34.9 Å². The van der Waals surface area contributed by atoms with Crippen LogP contribution in [-0.2, 0) is 34.5 Å². The number of anilines is 2. The minimum Gasteiger partial charge on any atom is -0.478 e. The van der Waals surface area contributed by atoms with Crippen LogP contribution in [-0.4, -0.2) is 57.8 Å². The van der Waals surface area contributed by atoms with Crippen LogP contribution in [0.3, 0.4) is 0 Å². The van der Waals surface area contributed by atoms with Gasteiger partial charge in [-0.25, -0.2) is 17.4 Å². The van der Waals surface area contributed by atoms with E-state index in [-0.39, 0.29) is 22.0 Å². The predicted octanol–water partition coefficient (Wildman–Crippen LogP) is 6.25. The molecule has 4 rings (SSSR count). The number of nitrogens with two attached hydrogens (primary N) is 2. The summed E-state index contributed by atoms with van der Waals surface area (Å²) in [6.45, 7) is 2.57. The number of rotatable bonds is 13.